The first-order chi connectivity index (χ1) is 50.8. The van der Waals surface area contributed by atoms with Gasteiger partial charge in [-0.3, -0.25) is 33.8 Å². The van der Waals surface area contributed by atoms with Crippen molar-refractivity contribution in [3.05, 3.63) is 211 Å². The predicted octanol–water partition coefficient (Wildman–Crippen LogP) is -3.18. The van der Waals surface area contributed by atoms with Crippen LogP contribution >= 0.6 is 0 Å². The van der Waals surface area contributed by atoms with Crippen LogP contribution in [0.1, 0.15) is 101 Å². The second-order valence-electron chi connectivity index (χ2n) is 31.6. The van der Waals surface area contributed by atoms with Crippen molar-refractivity contribution in [3.63, 3.8) is 0 Å². The smallest absolute Gasteiger partial charge is 0.317 e. The van der Waals surface area contributed by atoms with Crippen LogP contribution in [-0.4, -0.2) is 180 Å². The third-order valence-corrected chi connectivity index (χ3v) is 27.0. The number of carboxylic acids is 7. The number of carbonyl (C=O) groups excluding carboxylic acids is 6. The number of ether oxygens (including phenoxy) is 1. The van der Waals surface area contributed by atoms with Crippen LogP contribution in [0.5, 0.6) is 0 Å². The quantitative estimate of drug-likeness (QED) is 0.0350. The number of allylic oxidation sites excluding steroid dienone is 11. The first kappa shape index (κ1) is 63.9. The maximum atomic E-state index is 15.9. The largest absolute Gasteiger partial charge is 0.549 e. The second kappa shape index (κ2) is 20.8. The summed E-state index contributed by atoms with van der Waals surface area (Å²) < 4.78 is 7.28. The molecule has 1 saturated carbocycles. The van der Waals surface area contributed by atoms with Gasteiger partial charge in [0.2, 0.25) is 11.8 Å². The van der Waals surface area contributed by atoms with Gasteiger partial charge in [0.25, 0.3) is 0 Å². The van der Waals surface area contributed by atoms with Crippen LogP contribution in [-0.2, 0) is 59.9 Å². The molecule has 9 N–H and O–H groups in total. The van der Waals surface area contributed by atoms with E-state index >= 15 is 19.8 Å². The number of aliphatic carboxylic acids is 7. The number of hydrogen-bond acceptors (Lipinski definition) is 20. The Morgan fingerprint density at radius 3 is 2.01 bits per heavy atom. The Morgan fingerprint density at radius 2 is 1.33 bits per heavy atom. The monoisotopic (exact) mass is 1430 g/mol. The van der Waals surface area contributed by atoms with Crippen LogP contribution in [0.25, 0.3) is 28.9 Å². The van der Waals surface area contributed by atoms with Crippen molar-refractivity contribution in [1.29, 1.82) is 0 Å². The molecular weight excluding hydrogens is 1360 g/mol. The van der Waals surface area contributed by atoms with Gasteiger partial charge < -0.3 is 90.7 Å². The van der Waals surface area contributed by atoms with Crippen molar-refractivity contribution in [2.75, 3.05) is 39.3 Å². The number of aliphatic hydroxyl groups is 4. The number of amides is 2. The van der Waals surface area contributed by atoms with Gasteiger partial charge in [-0.25, -0.2) is 0 Å². The van der Waals surface area contributed by atoms with Gasteiger partial charge in [-0.1, -0.05) is 60.8 Å². The molecule has 18 aliphatic carbocycles. The summed E-state index contributed by atoms with van der Waals surface area (Å²) in [6, 6.07) is 0.809. The first-order valence-corrected chi connectivity index (χ1v) is 36.0. The van der Waals surface area contributed by atoms with E-state index in [2.05, 4.69) is 16.7 Å². The van der Waals surface area contributed by atoms with E-state index in [0.717, 1.165) is 43.2 Å². The van der Waals surface area contributed by atoms with Crippen LogP contribution in [0, 0.1) is 35.5 Å². The molecule has 536 valence electrons. The Bertz CT molecular complexity index is 5530. The van der Waals surface area contributed by atoms with E-state index in [1.807, 2.05) is 72.9 Å². The van der Waals surface area contributed by atoms with E-state index in [4.69, 9.17) is 4.74 Å². The molecule has 25 nitrogen and oxygen atoms in total. The fraction of sp³-hybridized carbons (Fsp3) is 0.370. The Hall–Kier alpha value is -10.5. The maximum Gasteiger partial charge on any atom is 0.317 e. The van der Waals surface area contributed by atoms with E-state index in [1.54, 1.807) is 6.08 Å². The van der Waals surface area contributed by atoms with E-state index < -0.39 is 180 Å². The number of epoxide rings is 1. The molecule has 106 heavy (non-hydrogen) atoms. The molecular formula is C81H62N4O21-4. The zero-order valence-electron chi connectivity index (χ0n) is 56.0. The van der Waals surface area contributed by atoms with Gasteiger partial charge in [0, 0.05) is 90.7 Å². The fourth-order valence-corrected chi connectivity index (χ4v) is 24.0. The van der Waals surface area contributed by atoms with Crippen LogP contribution < -0.4 is 41.5 Å². The Balaban J connectivity index is 0.792. The minimum Gasteiger partial charge on any atom is -0.549 e. The van der Waals surface area contributed by atoms with E-state index in [9.17, 15) is 79.5 Å². The average molecular weight is 1430 g/mol. The summed E-state index contributed by atoms with van der Waals surface area (Å²) in [4.78, 5) is 120. The third kappa shape index (κ3) is 7.41. The Kier molecular flexibility index (Phi) is 12.5. The van der Waals surface area contributed by atoms with Gasteiger partial charge in [-0.15, -0.1) is 0 Å². The molecule has 25 heteroatoms. The lowest BCUT2D eigenvalue weighted by Crippen LogP contribution is -2.65. The molecule has 2 aromatic rings. The molecule has 17 atom stereocenters. The van der Waals surface area contributed by atoms with Crippen molar-refractivity contribution in [2.24, 2.45) is 35.5 Å². The summed E-state index contributed by atoms with van der Waals surface area (Å²) in [7, 11) is 0. The van der Waals surface area contributed by atoms with E-state index in [1.165, 1.54) is 0 Å². The number of hydrogen-bond donors (Lipinski definition) is 9. The van der Waals surface area contributed by atoms with E-state index in [0.29, 0.717) is 122 Å². The molecule has 0 aromatic heterocycles. The highest BCUT2D eigenvalue weighted by atomic mass is 16.6. The van der Waals surface area contributed by atoms with Gasteiger partial charge in [-0.2, -0.15) is 0 Å². The number of aliphatic hydroxyl groups excluding tert-OH is 2. The number of carbonyl (C=O) groups is 9. The minimum atomic E-state index is -2.10. The van der Waals surface area contributed by atoms with Crippen molar-refractivity contribution >= 4 is 82.5 Å². The SMILES string of the molecule is O=C([O-])CN(CC(=O)O)C(CCCCNC(=O)C1=Cc2cc3c4c5c2C2C6=c7c8c9c(cc7=CC12)C(C(=O)NCCCCC(C(=O)[O-])N(CC(=O)[O-])CC(=O)O)C1C=CC=C2C=C7C=C%10C%11=C%12C(=CC%10O)C(O)C%10=CC%13C(=C%14C%10=C%12C(=C8C%11(O)C7C9=C21)C6C%145O)C4C12OC1(C=CC=C2C%13C(=O)O)C3)C(=O)[O-]. The van der Waals surface area contributed by atoms with Gasteiger partial charge in [0.05, 0.1) is 67.0 Å². The first-order valence-electron chi connectivity index (χ1n) is 36.0. The van der Waals surface area contributed by atoms with Crippen LogP contribution in [0.15, 0.2) is 156 Å². The number of benzene rings is 2. The molecule has 19 aliphatic rings. The summed E-state index contributed by atoms with van der Waals surface area (Å²) in [5.74, 6) is -20.0. The summed E-state index contributed by atoms with van der Waals surface area (Å²) in [5.41, 5.74) is 8.72. The number of rotatable bonds is 25. The highest BCUT2D eigenvalue weighted by molar-refractivity contribution is 6.12. The molecule has 1 saturated heterocycles. The summed E-state index contributed by atoms with van der Waals surface area (Å²) >= 11 is 0. The van der Waals surface area contributed by atoms with Crippen molar-refractivity contribution in [3.8, 4) is 0 Å². The normalized spacial score (nSPS) is 33.7. The average Bonchev–Trinajstić information content (AvgIpc) is 1.13. The minimum absolute atomic E-state index is 0.0171. The van der Waals surface area contributed by atoms with Crippen LogP contribution in [0.3, 0.4) is 0 Å². The molecule has 2 aromatic carbocycles. The lowest BCUT2D eigenvalue weighted by atomic mass is 9.36. The highest BCUT2D eigenvalue weighted by Gasteiger charge is 2.84. The molecule has 1 aliphatic heterocycles. The lowest BCUT2D eigenvalue weighted by Gasteiger charge is -2.67. The Morgan fingerprint density at radius 1 is 0.632 bits per heavy atom. The standard InChI is InChI=1S/C81H66N4O21/c86-44-22-40-57-60-58-39(72(40)95)21-38-54(77(102)103)41-9-6-12-78-23-32-16-29-18-35(73(96)82-13-3-1-10-42(75(98)99)84(24-45(87)88)25-46(89)90)34-17-30-19-37-53(74(97)83-14-4-2-11-43(76(100)101)85(26-47(91)92)27-48(93)94)33-8-5-7-28-15-31-20-36(44)66(57)79(104)65(31)61(49(28)33)56(37)63-50(30)62-55(34)51(29)67-52(32)71(81(41,78)106-78)59(38)68(58)80(67,105)70(62)64(60)69(63)79/h5-9,12,15-22,33-34,38,42-44,53-55,65,70-72,86,95,104-105H,1-4,10-11,13-14,23-27H2,(H,82,96)(H,83,97)(H,87,88)(H,89,90)(H,91,92)(H,93,94)(H,98,99)(H,100,101)(H,102,103)/p-4. The van der Waals surface area contributed by atoms with Crippen molar-refractivity contribution in [1.82, 2.24) is 20.4 Å². The van der Waals surface area contributed by atoms with E-state index in [-0.39, 0.29) is 58.0 Å². The zero-order valence-corrected chi connectivity index (χ0v) is 56.0. The second-order valence-corrected chi connectivity index (χ2v) is 31.6. The number of nitrogens with one attached hydrogen (secondary N) is 2. The van der Waals surface area contributed by atoms with Crippen molar-refractivity contribution < 1.29 is 104 Å². The summed E-state index contributed by atoms with van der Waals surface area (Å²) in [6.45, 7) is -3.87. The highest BCUT2D eigenvalue weighted by Crippen LogP contribution is 2.83. The van der Waals surface area contributed by atoms with Crippen LogP contribution in [0.4, 0.5) is 0 Å². The molecule has 0 bridgehead atoms. The van der Waals surface area contributed by atoms with Crippen LogP contribution in [0.2, 0.25) is 0 Å². The number of carboxylic acid groups (broad SMARTS) is 7. The topological polar surface area (TPSA) is 431 Å². The molecule has 2 fully saturated rings. The molecule has 21 rings (SSSR count). The molecule has 0 radical (unpaired) electrons. The lowest BCUT2D eigenvalue weighted by molar-refractivity contribution is -0.317. The van der Waals surface area contributed by atoms with Gasteiger partial charge in [0.1, 0.15) is 28.5 Å². The molecule has 17 unspecified atom stereocenters. The molecule has 1 heterocycles. The predicted molar refractivity (Wildman–Crippen MR) is 357 cm³/mol. The maximum absolute atomic E-state index is 15.9. The zero-order chi connectivity index (χ0) is 73.2. The molecule has 2 amide bonds. The third-order valence-electron chi connectivity index (χ3n) is 27.0. The number of nitrogens with zero attached hydrogens (tertiary/aromatic N) is 2. The number of unbranched alkanes of at least 4 members (excludes halogenated alkanes) is 2. The van der Waals surface area contributed by atoms with Gasteiger partial charge >= 0.3 is 17.9 Å². The summed E-state index contributed by atoms with van der Waals surface area (Å²) in [5, 5.41) is 144. The van der Waals surface area contributed by atoms with Crippen molar-refractivity contribution in [2.45, 2.75) is 109 Å². The fourth-order valence-electron chi connectivity index (χ4n) is 24.0. The van der Waals surface area contributed by atoms with Gasteiger partial charge in [-0.05, 0) is 201 Å². The Labute approximate surface area is 599 Å². The molecule has 1 spiro atoms. The summed E-state index contributed by atoms with van der Waals surface area (Å²) in [6.07, 6.45) is 20.1. The van der Waals surface area contributed by atoms with Gasteiger partial charge in [0.15, 0.2) is 0 Å².